The zero-order valence-corrected chi connectivity index (χ0v) is 13.7. The van der Waals surface area contributed by atoms with Crippen molar-refractivity contribution >= 4 is 40.8 Å². The summed E-state index contributed by atoms with van der Waals surface area (Å²) in [4.78, 5) is 32.5. The van der Waals surface area contributed by atoms with Gasteiger partial charge in [0.05, 0.1) is 10.7 Å². The Kier molecular flexibility index (Phi) is 5.95. The van der Waals surface area contributed by atoms with E-state index in [2.05, 4.69) is 20.8 Å². The van der Waals surface area contributed by atoms with E-state index in [1.807, 2.05) is 0 Å². The van der Waals surface area contributed by atoms with Crippen LogP contribution in [0.15, 0.2) is 35.4 Å². The van der Waals surface area contributed by atoms with E-state index in [0.29, 0.717) is 10.8 Å². The fourth-order valence-electron chi connectivity index (χ4n) is 1.71. The fraction of sp³-hybridized carbons (Fsp3) is 0.143. The van der Waals surface area contributed by atoms with Crippen LogP contribution in [0.3, 0.4) is 0 Å². The van der Waals surface area contributed by atoms with Crippen LogP contribution in [0.25, 0.3) is 0 Å². The van der Waals surface area contributed by atoms with Crippen molar-refractivity contribution in [2.45, 2.75) is 11.9 Å². The minimum atomic E-state index is -0.980. The minimum Gasteiger partial charge on any atom is -0.325 e. The van der Waals surface area contributed by atoms with Gasteiger partial charge < -0.3 is 10.6 Å². The number of carbonyl (C=O) groups excluding carboxylic acids is 2. The summed E-state index contributed by atoms with van der Waals surface area (Å²) in [6.07, 6.45) is 0. The summed E-state index contributed by atoms with van der Waals surface area (Å²) in [6, 6.07) is 6.21. The van der Waals surface area contributed by atoms with Gasteiger partial charge in [-0.1, -0.05) is 11.8 Å². The number of nitrogens with zero attached hydrogens (tertiary/aromatic N) is 3. The maximum Gasteiger partial charge on any atom is 0.306 e. The van der Waals surface area contributed by atoms with Crippen molar-refractivity contribution in [3.8, 4) is 0 Å². The Morgan fingerprint density at radius 2 is 2.00 bits per heavy atom. The van der Waals surface area contributed by atoms with Crippen molar-refractivity contribution in [2.75, 3.05) is 16.4 Å². The number of halogens is 1. The molecule has 2 aromatic rings. The van der Waals surface area contributed by atoms with E-state index in [1.54, 1.807) is 6.07 Å². The van der Waals surface area contributed by atoms with Crippen LogP contribution in [0.2, 0.25) is 0 Å². The lowest BCUT2D eigenvalue weighted by atomic mass is 10.2. The maximum absolute atomic E-state index is 13.2. The number of anilines is 2. The Labute approximate surface area is 145 Å². The largest absolute Gasteiger partial charge is 0.325 e. The van der Waals surface area contributed by atoms with Gasteiger partial charge in [0.15, 0.2) is 5.82 Å². The molecule has 9 nitrogen and oxygen atoms in total. The average Bonchev–Trinajstić information content (AvgIpc) is 2.55. The lowest BCUT2D eigenvalue weighted by molar-refractivity contribution is -0.387. The maximum atomic E-state index is 13.2. The summed E-state index contributed by atoms with van der Waals surface area (Å²) >= 11 is 1.08. The van der Waals surface area contributed by atoms with Crippen molar-refractivity contribution in [2.24, 2.45) is 0 Å². The fourth-order valence-corrected chi connectivity index (χ4v) is 2.32. The summed E-state index contributed by atoms with van der Waals surface area (Å²) in [5.74, 6) is -1.44. The Bertz CT molecular complexity index is 815. The first-order chi connectivity index (χ1) is 11.8. The van der Waals surface area contributed by atoms with Crippen LogP contribution >= 0.6 is 11.8 Å². The van der Waals surface area contributed by atoms with Gasteiger partial charge in [-0.05, 0) is 24.3 Å². The van der Waals surface area contributed by atoms with Crippen LogP contribution in [-0.4, -0.2) is 32.7 Å². The summed E-state index contributed by atoms with van der Waals surface area (Å²) in [5, 5.41) is 23.6. The molecule has 0 aliphatic heterocycles. The van der Waals surface area contributed by atoms with Gasteiger partial charge in [-0.2, -0.15) is 4.39 Å². The van der Waals surface area contributed by atoms with E-state index in [9.17, 15) is 24.1 Å². The van der Waals surface area contributed by atoms with Crippen LogP contribution in [0.1, 0.15) is 6.92 Å². The van der Waals surface area contributed by atoms with Crippen LogP contribution in [0, 0.1) is 15.9 Å². The molecule has 0 fully saturated rings. The average molecular weight is 365 g/mol. The van der Waals surface area contributed by atoms with Crippen LogP contribution < -0.4 is 10.6 Å². The molecule has 1 heterocycles. The van der Waals surface area contributed by atoms with Gasteiger partial charge in [-0.25, -0.2) is 0 Å². The van der Waals surface area contributed by atoms with Gasteiger partial charge in [0, 0.05) is 18.7 Å². The predicted octanol–water partition coefficient (Wildman–Crippen LogP) is 2.21. The summed E-state index contributed by atoms with van der Waals surface area (Å²) in [5.41, 5.74) is -0.601. The highest BCUT2D eigenvalue weighted by atomic mass is 32.2. The molecule has 1 aromatic carbocycles. The Balaban J connectivity index is 1.91. The first kappa shape index (κ1) is 18.3. The lowest BCUT2D eigenvalue weighted by Crippen LogP contribution is -2.14. The molecule has 0 aliphatic carbocycles. The molecule has 0 atom stereocenters. The standard InChI is InChI=1S/C14H12FN5O4S/c1-8(21)16-12-4-5-14(19-18-12)25-7-13(22)17-9-2-3-10(15)11(6-9)20(23)24/h2-6H,7H2,1H3,(H,17,22)(H,16,18,21). The number of thioether (sulfide) groups is 1. The highest BCUT2D eigenvalue weighted by Gasteiger charge is 2.15. The van der Waals surface area contributed by atoms with Crippen molar-refractivity contribution < 1.29 is 18.9 Å². The molecule has 2 amide bonds. The molecule has 0 spiro atoms. The molecular weight excluding hydrogens is 353 g/mol. The minimum absolute atomic E-state index is 0.0284. The molecule has 130 valence electrons. The molecule has 1 aromatic heterocycles. The number of hydrogen-bond donors (Lipinski definition) is 2. The SMILES string of the molecule is CC(=O)Nc1ccc(SCC(=O)Nc2ccc(F)c([N+](=O)[O-])c2)nn1. The van der Waals surface area contributed by atoms with E-state index >= 15 is 0 Å². The molecule has 0 saturated heterocycles. The second-order valence-electron chi connectivity index (χ2n) is 4.70. The van der Waals surface area contributed by atoms with Crippen LogP contribution in [-0.2, 0) is 9.59 Å². The second kappa shape index (κ2) is 8.15. The third-order valence-electron chi connectivity index (χ3n) is 2.72. The number of nitrogens with one attached hydrogen (secondary N) is 2. The third kappa shape index (κ3) is 5.49. The predicted molar refractivity (Wildman–Crippen MR) is 88.7 cm³/mol. The number of rotatable bonds is 6. The first-order valence-corrected chi connectivity index (χ1v) is 7.81. The Morgan fingerprint density at radius 3 is 2.60 bits per heavy atom. The molecule has 0 aliphatic rings. The molecule has 2 rings (SSSR count). The number of nitro benzene ring substituents is 1. The van der Waals surface area contributed by atoms with Gasteiger partial charge in [-0.15, -0.1) is 10.2 Å². The van der Waals surface area contributed by atoms with Gasteiger partial charge >= 0.3 is 5.69 Å². The number of carbonyl (C=O) groups is 2. The van der Waals surface area contributed by atoms with Crippen molar-refractivity contribution in [3.63, 3.8) is 0 Å². The van der Waals surface area contributed by atoms with Crippen LogP contribution in [0.4, 0.5) is 21.6 Å². The Morgan fingerprint density at radius 1 is 1.24 bits per heavy atom. The highest BCUT2D eigenvalue weighted by molar-refractivity contribution is 7.99. The number of hydrogen-bond acceptors (Lipinski definition) is 7. The third-order valence-corrected chi connectivity index (χ3v) is 3.64. The molecule has 11 heteroatoms. The summed E-state index contributed by atoms with van der Waals surface area (Å²) in [7, 11) is 0. The van der Waals surface area contributed by atoms with E-state index in [4.69, 9.17) is 0 Å². The number of aromatic nitrogens is 2. The molecule has 2 N–H and O–H groups in total. The molecule has 0 bridgehead atoms. The van der Waals surface area contributed by atoms with Crippen molar-refractivity contribution in [3.05, 3.63) is 46.3 Å². The monoisotopic (exact) mass is 365 g/mol. The molecular formula is C14H12FN5O4S. The number of nitro groups is 1. The smallest absolute Gasteiger partial charge is 0.306 e. The van der Waals surface area contributed by atoms with Gasteiger partial charge in [0.25, 0.3) is 0 Å². The molecule has 25 heavy (non-hydrogen) atoms. The summed E-state index contributed by atoms with van der Waals surface area (Å²) in [6.45, 7) is 1.34. The van der Waals surface area contributed by atoms with E-state index in [0.717, 1.165) is 23.9 Å². The molecule has 0 radical (unpaired) electrons. The van der Waals surface area contributed by atoms with E-state index in [-0.39, 0.29) is 17.3 Å². The quantitative estimate of drug-likeness (QED) is 0.456. The van der Waals surface area contributed by atoms with Gasteiger partial charge in [-0.3, -0.25) is 19.7 Å². The molecule has 0 saturated carbocycles. The normalized spacial score (nSPS) is 10.2. The molecule has 0 unspecified atom stereocenters. The first-order valence-electron chi connectivity index (χ1n) is 6.83. The van der Waals surface area contributed by atoms with E-state index < -0.39 is 22.3 Å². The summed E-state index contributed by atoms with van der Waals surface area (Å²) < 4.78 is 13.2. The zero-order chi connectivity index (χ0) is 18.4. The lowest BCUT2D eigenvalue weighted by Gasteiger charge is -2.05. The van der Waals surface area contributed by atoms with Crippen molar-refractivity contribution in [1.29, 1.82) is 0 Å². The van der Waals surface area contributed by atoms with Crippen molar-refractivity contribution in [1.82, 2.24) is 10.2 Å². The zero-order valence-electron chi connectivity index (χ0n) is 12.9. The van der Waals surface area contributed by atoms with Gasteiger partial charge in [0.2, 0.25) is 17.6 Å². The van der Waals surface area contributed by atoms with Crippen LogP contribution in [0.5, 0.6) is 0 Å². The highest BCUT2D eigenvalue weighted by Crippen LogP contribution is 2.22. The van der Waals surface area contributed by atoms with Gasteiger partial charge in [0.1, 0.15) is 5.03 Å². The number of amides is 2. The number of benzene rings is 1. The van der Waals surface area contributed by atoms with E-state index in [1.165, 1.54) is 19.1 Å². The Hall–Kier alpha value is -3.08. The second-order valence-corrected chi connectivity index (χ2v) is 5.69. The topological polar surface area (TPSA) is 127 Å².